The normalized spacial score (nSPS) is 11.1. The molecule has 0 bridgehead atoms. The van der Waals surface area contributed by atoms with Crippen molar-refractivity contribution in [2.75, 3.05) is 22.8 Å². The molecule has 0 atom stereocenters. The van der Waals surface area contributed by atoms with Crippen molar-refractivity contribution < 1.29 is 17.6 Å². The maximum Gasteiger partial charge on any atom is 0.264 e. The third kappa shape index (κ3) is 4.30. The number of carbonyl (C=O) groups excluding carboxylic acids is 1. The van der Waals surface area contributed by atoms with E-state index in [9.17, 15) is 17.6 Å². The second-order valence-electron chi connectivity index (χ2n) is 6.36. The van der Waals surface area contributed by atoms with E-state index >= 15 is 0 Å². The summed E-state index contributed by atoms with van der Waals surface area (Å²) in [6, 6.07) is 20.2. The first-order valence-electron chi connectivity index (χ1n) is 9.06. The summed E-state index contributed by atoms with van der Waals surface area (Å²) < 4.78 is 40.1. The molecule has 0 heterocycles. The van der Waals surface area contributed by atoms with Gasteiger partial charge < -0.3 is 4.90 Å². The van der Waals surface area contributed by atoms with E-state index in [2.05, 4.69) is 0 Å². The number of amides is 1. The minimum Gasteiger partial charge on any atom is -0.309 e. The molecular formula is C22H21FN2O3S. The molecule has 0 aliphatic heterocycles. The number of carbonyl (C=O) groups is 1. The maximum absolute atomic E-state index is 13.2. The van der Waals surface area contributed by atoms with Crippen molar-refractivity contribution in [3.8, 4) is 0 Å². The minimum atomic E-state index is -3.75. The Labute approximate surface area is 170 Å². The van der Waals surface area contributed by atoms with Gasteiger partial charge in [-0.05, 0) is 67.6 Å². The van der Waals surface area contributed by atoms with Crippen LogP contribution in [0.4, 0.5) is 15.8 Å². The molecule has 0 saturated heterocycles. The van der Waals surface area contributed by atoms with Crippen molar-refractivity contribution in [2.24, 2.45) is 0 Å². The zero-order valence-electron chi connectivity index (χ0n) is 16.1. The van der Waals surface area contributed by atoms with Crippen LogP contribution in [0.25, 0.3) is 0 Å². The number of benzene rings is 3. The molecule has 0 fully saturated rings. The van der Waals surface area contributed by atoms with Crippen molar-refractivity contribution in [3.05, 3.63) is 90.2 Å². The molecule has 0 N–H and O–H groups in total. The van der Waals surface area contributed by atoms with Gasteiger partial charge in [-0.3, -0.25) is 9.10 Å². The summed E-state index contributed by atoms with van der Waals surface area (Å²) in [4.78, 5) is 14.4. The van der Waals surface area contributed by atoms with E-state index in [1.807, 2.05) is 13.0 Å². The van der Waals surface area contributed by atoms with Crippen molar-refractivity contribution >= 4 is 27.3 Å². The van der Waals surface area contributed by atoms with Gasteiger partial charge in [-0.1, -0.05) is 18.2 Å². The molecule has 3 aromatic carbocycles. The number of rotatable bonds is 6. The Hall–Kier alpha value is -3.19. The topological polar surface area (TPSA) is 57.7 Å². The summed E-state index contributed by atoms with van der Waals surface area (Å²) in [5.74, 6) is -0.672. The molecule has 0 unspecified atom stereocenters. The average Bonchev–Trinajstić information content (AvgIpc) is 2.75. The van der Waals surface area contributed by atoms with Crippen LogP contribution < -0.4 is 9.21 Å². The van der Waals surface area contributed by atoms with Crippen molar-refractivity contribution in [2.45, 2.75) is 11.8 Å². The molecule has 0 radical (unpaired) electrons. The quantitative estimate of drug-likeness (QED) is 0.606. The minimum absolute atomic E-state index is 0.0882. The standard InChI is InChI=1S/C22H21FN2O3S/c1-3-25(20-13-11-18(23)12-14-20)22(26)17-9-15-21(16-10-17)29(27,28)24(2)19-7-5-4-6-8-19/h4-16H,3H2,1-2H3. The highest BCUT2D eigenvalue weighted by molar-refractivity contribution is 7.92. The Morgan fingerprint density at radius 1 is 0.862 bits per heavy atom. The van der Waals surface area contributed by atoms with Crippen molar-refractivity contribution in [1.82, 2.24) is 0 Å². The second kappa shape index (κ2) is 8.45. The molecule has 1 amide bonds. The number of anilines is 2. The molecule has 3 rings (SSSR count). The Morgan fingerprint density at radius 3 is 2.00 bits per heavy atom. The van der Waals surface area contributed by atoms with E-state index in [1.165, 1.54) is 64.8 Å². The highest BCUT2D eigenvalue weighted by Gasteiger charge is 2.22. The second-order valence-corrected chi connectivity index (χ2v) is 8.33. The molecule has 0 saturated carbocycles. The molecule has 29 heavy (non-hydrogen) atoms. The monoisotopic (exact) mass is 412 g/mol. The van der Waals surface area contributed by atoms with Gasteiger partial charge in [0.25, 0.3) is 15.9 Å². The highest BCUT2D eigenvalue weighted by atomic mass is 32.2. The van der Waals surface area contributed by atoms with Gasteiger partial charge in [0.2, 0.25) is 0 Å². The van der Waals surface area contributed by atoms with Crippen LogP contribution in [0.1, 0.15) is 17.3 Å². The maximum atomic E-state index is 13.2. The van der Waals surface area contributed by atoms with Crippen molar-refractivity contribution in [3.63, 3.8) is 0 Å². The lowest BCUT2D eigenvalue weighted by Gasteiger charge is -2.22. The molecule has 0 aromatic heterocycles. The lowest BCUT2D eigenvalue weighted by atomic mass is 10.2. The van der Waals surface area contributed by atoms with Gasteiger partial charge in [-0.25, -0.2) is 12.8 Å². The molecule has 3 aromatic rings. The Bertz CT molecular complexity index is 1080. The summed E-state index contributed by atoms with van der Waals surface area (Å²) in [5.41, 5.74) is 1.46. The first kappa shape index (κ1) is 20.5. The zero-order valence-corrected chi connectivity index (χ0v) is 16.9. The average molecular weight is 412 g/mol. The molecule has 0 spiro atoms. The van der Waals surface area contributed by atoms with Crippen LogP contribution in [0, 0.1) is 5.82 Å². The Morgan fingerprint density at radius 2 is 1.45 bits per heavy atom. The van der Waals surface area contributed by atoms with Crippen molar-refractivity contribution in [1.29, 1.82) is 0 Å². The molecular weight excluding hydrogens is 391 g/mol. The molecule has 0 aliphatic rings. The summed E-state index contributed by atoms with van der Waals surface area (Å²) >= 11 is 0. The summed E-state index contributed by atoms with van der Waals surface area (Å²) in [6.45, 7) is 2.20. The van der Waals surface area contributed by atoms with Crippen LogP contribution in [-0.4, -0.2) is 27.9 Å². The van der Waals surface area contributed by atoms with Gasteiger partial charge in [0.1, 0.15) is 5.82 Å². The van der Waals surface area contributed by atoms with Crippen LogP contribution in [0.2, 0.25) is 0 Å². The molecule has 0 aliphatic carbocycles. The molecule has 150 valence electrons. The third-order valence-corrected chi connectivity index (χ3v) is 6.38. The predicted molar refractivity (Wildman–Crippen MR) is 112 cm³/mol. The lowest BCUT2D eigenvalue weighted by Crippen LogP contribution is -2.30. The fourth-order valence-electron chi connectivity index (χ4n) is 2.92. The number of hydrogen-bond acceptors (Lipinski definition) is 3. The van der Waals surface area contributed by atoms with E-state index in [0.717, 1.165) is 0 Å². The number of para-hydroxylation sites is 1. The summed E-state index contributed by atoms with van der Waals surface area (Å²) in [5, 5.41) is 0. The summed E-state index contributed by atoms with van der Waals surface area (Å²) in [6.07, 6.45) is 0. The largest absolute Gasteiger partial charge is 0.309 e. The summed E-state index contributed by atoms with van der Waals surface area (Å²) in [7, 11) is -2.27. The first-order chi connectivity index (χ1) is 13.8. The number of hydrogen-bond donors (Lipinski definition) is 0. The van der Waals surface area contributed by atoms with Crippen LogP contribution in [0.3, 0.4) is 0 Å². The number of sulfonamides is 1. The van der Waals surface area contributed by atoms with E-state index in [1.54, 1.807) is 24.3 Å². The van der Waals surface area contributed by atoms with Gasteiger partial charge in [0.15, 0.2) is 0 Å². The molecule has 7 heteroatoms. The highest BCUT2D eigenvalue weighted by Crippen LogP contribution is 2.23. The zero-order chi connectivity index (χ0) is 21.0. The third-order valence-electron chi connectivity index (χ3n) is 4.58. The van der Waals surface area contributed by atoms with Gasteiger partial charge in [0, 0.05) is 24.8 Å². The van der Waals surface area contributed by atoms with Gasteiger partial charge in [-0.2, -0.15) is 0 Å². The predicted octanol–water partition coefficient (Wildman–Crippen LogP) is 4.32. The fraction of sp³-hybridized carbons (Fsp3) is 0.136. The number of nitrogens with zero attached hydrogens (tertiary/aromatic N) is 2. The fourth-order valence-corrected chi connectivity index (χ4v) is 4.12. The van der Waals surface area contributed by atoms with E-state index in [4.69, 9.17) is 0 Å². The van der Waals surface area contributed by atoms with Gasteiger partial charge >= 0.3 is 0 Å². The van der Waals surface area contributed by atoms with E-state index in [0.29, 0.717) is 23.5 Å². The lowest BCUT2D eigenvalue weighted by molar-refractivity contribution is 0.0988. The van der Waals surface area contributed by atoms with E-state index < -0.39 is 10.0 Å². The Kier molecular flexibility index (Phi) is 5.98. The van der Waals surface area contributed by atoms with Crippen LogP contribution >= 0.6 is 0 Å². The van der Waals surface area contributed by atoms with Crippen LogP contribution in [-0.2, 0) is 10.0 Å². The van der Waals surface area contributed by atoms with Gasteiger partial charge in [-0.15, -0.1) is 0 Å². The Balaban J connectivity index is 1.85. The van der Waals surface area contributed by atoms with Crippen LogP contribution in [0.15, 0.2) is 83.8 Å². The van der Waals surface area contributed by atoms with E-state index in [-0.39, 0.29) is 16.6 Å². The smallest absolute Gasteiger partial charge is 0.264 e. The first-order valence-corrected chi connectivity index (χ1v) is 10.5. The van der Waals surface area contributed by atoms with Gasteiger partial charge in [0.05, 0.1) is 10.6 Å². The molecule has 5 nitrogen and oxygen atoms in total. The van der Waals surface area contributed by atoms with Crippen LogP contribution in [0.5, 0.6) is 0 Å². The number of halogens is 1. The SMILES string of the molecule is CCN(C(=O)c1ccc(S(=O)(=O)N(C)c2ccccc2)cc1)c1ccc(F)cc1.